The molecule has 0 aliphatic carbocycles. The fraction of sp³-hybridized carbons (Fsp3) is 0.150. The highest BCUT2D eigenvalue weighted by molar-refractivity contribution is 6.00. The lowest BCUT2D eigenvalue weighted by atomic mass is 10.1. The zero-order chi connectivity index (χ0) is 18.7. The van der Waals surface area contributed by atoms with Gasteiger partial charge in [0.1, 0.15) is 0 Å². The van der Waals surface area contributed by atoms with Crippen molar-refractivity contribution in [1.82, 2.24) is 9.78 Å². The number of hydrogen-bond acceptors (Lipinski definition) is 4. The van der Waals surface area contributed by atoms with Crippen molar-refractivity contribution in [3.8, 4) is 5.69 Å². The molecule has 0 bridgehead atoms. The predicted octanol–water partition coefficient (Wildman–Crippen LogP) is 3.48. The van der Waals surface area contributed by atoms with Gasteiger partial charge in [-0.1, -0.05) is 24.3 Å². The Kier molecular flexibility index (Phi) is 4.84. The van der Waals surface area contributed by atoms with E-state index in [2.05, 4.69) is 10.4 Å². The molecule has 0 spiro atoms. The van der Waals surface area contributed by atoms with E-state index in [1.807, 2.05) is 44.2 Å². The van der Waals surface area contributed by atoms with Gasteiger partial charge in [0.2, 0.25) is 0 Å². The van der Waals surface area contributed by atoms with E-state index in [0.717, 1.165) is 16.9 Å². The van der Waals surface area contributed by atoms with Crippen molar-refractivity contribution in [2.75, 3.05) is 11.9 Å². The van der Waals surface area contributed by atoms with Gasteiger partial charge in [-0.05, 0) is 43.7 Å². The summed E-state index contributed by atoms with van der Waals surface area (Å²) in [6.07, 6.45) is 1.56. The van der Waals surface area contributed by atoms with Gasteiger partial charge in [0.05, 0.1) is 35.2 Å². The van der Waals surface area contributed by atoms with Crippen molar-refractivity contribution in [2.24, 2.45) is 0 Å². The topological polar surface area (TPSA) is 84.2 Å². The molecule has 132 valence electrons. The maximum atomic E-state index is 12.6. The first-order valence-corrected chi connectivity index (χ1v) is 8.18. The van der Waals surface area contributed by atoms with E-state index in [0.29, 0.717) is 11.3 Å². The van der Waals surface area contributed by atoms with Crippen LogP contribution in [0.25, 0.3) is 5.69 Å². The Balaban J connectivity index is 1.77. The van der Waals surface area contributed by atoms with Crippen molar-refractivity contribution in [3.05, 3.63) is 77.1 Å². The van der Waals surface area contributed by atoms with Crippen molar-refractivity contribution in [1.29, 1.82) is 0 Å². The number of carboxylic acid groups (broad SMARTS) is 1. The molecule has 1 heterocycles. The standard InChI is InChI=1S/C20H19N3O3/c1-13-8-9-15(20(25)26)10-18(13)21-12-19(24)17-11-22-23(14(17)2)16-6-4-3-5-7-16/h3-11,21H,12H2,1-2H3,(H,25,26). The number of aryl methyl sites for hydroxylation is 1. The number of hydrogen-bond donors (Lipinski definition) is 2. The number of nitrogens with zero attached hydrogens (tertiary/aromatic N) is 2. The van der Waals surface area contributed by atoms with E-state index < -0.39 is 5.97 Å². The maximum absolute atomic E-state index is 12.6. The molecule has 1 aromatic heterocycles. The first-order valence-electron chi connectivity index (χ1n) is 8.18. The minimum absolute atomic E-state index is 0.0607. The molecule has 6 heteroatoms. The van der Waals surface area contributed by atoms with E-state index in [1.165, 1.54) is 6.07 Å². The molecule has 0 saturated carbocycles. The van der Waals surface area contributed by atoms with Crippen LogP contribution < -0.4 is 5.32 Å². The molecule has 2 N–H and O–H groups in total. The second kappa shape index (κ2) is 7.23. The van der Waals surface area contributed by atoms with E-state index in [9.17, 15) is 9.59 Å². The van der Waals surface area contributed by atoms with Crippen LogP contribution in [0.4, 0.5) is 5.69 Å². The average Bonchev–Trinajstić information content (AvgIpc) is 3.03. The third kappa shape index (κ3) is 3.49. The summed E-state index contributed by atoms with van der Waals surface area (Å²) in [5, 5.41) is 16.4. The zero-order valence-corrected chi connectivity index (χ0v) is 14.6. The molecule has 0 unspecified atom stereocenters. The molecule has 0 aliphatic heterocycles. The van der Waals surface area contributed by atoms with Crippen LogP contribution >= 0.6 is 0 Å². The quantitative estimate of drug-likeness (QED) is 0.666. The van der Waals surface area contributed by atoms with Gasteiger partial charge in [0, 0.05) is 5.69 Å². The van der Waals surface area contributed by atoms with Gasteiger partial charge in [-0.25, -0.2) is 9.48 Å². The van der Waals surface area contributed by atoms with Crippen LogP contribution in [-0.4, -0.2) is 33.2 Å². The number of aromatic carboxylic acids is 1. The van der Waals surface area contributed by atoms with Gasteiger partial charge in [-0.3, -0.25) is 4.79 Å². The number of rotatable bonds is 6. The van der Waals surface area contributed by atoms with Crippen molar-refractivity contribution in [2.45, 2.75) is 13.8 Å². The number of aromatic nitrogens is 2. The first-order chi connectivity index (χ1) is 12.5. The third-order valence-electron chi connectivity index (χ3n) is 4.23. The molecular weight excluding hydrogens is 330 g/mol. The average molecular weight is 349 g/mol. The highest BCUT2D eigenvalue weighted by Gasteiger charge is 2.15. The van der Waals surface area contributed by atoms with Gasteiger partial charge < -0.3 is 10.4 Å². The number of nitrogens with one attached hydrogen (secondary N) is 1. The van der Waals surface area contributed by atoms with Crippen LogP contribution in [0, 0.1) is 13.8 Å². The van der Waals surface area contributed by atoms with E-state index in [-0.39, 0.29) is 17.9 Å². The van der Waals surface area contributed by atoms with E-state index in [4.69, 9.17) is 5.11 Å². The van der Waals surface area contributed by atoms with Crippen molar-refractivity contribution >= 4 is 17.4 Å². The lowest BCUT2D eigenvalue weighted by Gasteiger charge is -2.10. The number of para-hydroxylation sites is 1. The van der Waals surface area contributed by atoms with Gasteiger partial charge in [0.15, 0.2) is 5.78 Å². The van der Waals surface area contributed by atoms with Crippen LogP contribution in [0.5, 0.6) is 0 Å². The number of benzene rings is 2. The lowest BCUT2D eigenvalue weighted by Crippen LogP contribution is -2.16. The van der Waals surface area contributed by atoms with Gasteiger partial charge in [-0.15, -0.1) is 0 Å². The first kappa shape index (κ1) is 17.4. The normalized spacial score (nSPS) is 10.5. The number of carbonyl (C=O) groups is 2. The summed E-state index contributed by atoms with van der Waals surface area (Å²) in [7, 11) is 0. The zero-order valence-electron chi connectivity index (χ0n) is 14.6. The Morgan fingerprint density at radius 3 is 2.54 bits per heavy atom. The summed E-state index contributed by atoms with van der Waals surface area (Å²) < 4.78 is 1.73. The summed E-state index contributed by atoms with van der Waals surface area (Å²) in [6, 6.07) is 14.4. The molecule has 3 aromatic rings. The molecule has 0 atom stereocenters. The van der Waals surface area contributed by atoms with Gasteiger partial charge in [-0.2, -0.15) is 5.10 Å². The van der Waals surface area contributed by atoms with Crippen LogP contribution in [0.2, 0.25) is 0 Å². The van der Waals surface area contributed by atoms with E-state index >= 15 is 0 Å². The predicted molar refractivity (Wildman–Crippen MR) is 99.3 cm³/mol. The van der Waals surface area contributed by atoms with Crippen LogP contribution in [0.15, 0.2) is 54.7 Å². The monoisotopic (exact) mass is 349 g/mol. The fourth-order valence-electron chi connectivity index (χ4n) is 2.73. The highest BCUT2D eigenvalue weighted by atomic mass is 16.4. The van der Waals surface area contributed by atoms with Crippen LogP contribution in [0.3, 0.4) is 0 Å². The molecule has 0 aliphatic rings. The number of anilines is 1. The fourth-order valence-corrected chi connectivity index (χ4v) is 2.73. The maximum Gasteiger partial charge on any atom is 0.335 e. The summed E-state index contributed by atoms with van der Waals surface area (Å²) in [4.78, 5) is 23.7. The Bertz CT molecular complexity index is 962. The molecular formula is C20H19N3O3. The summed E-state index contributed by atoms with van der Waals surface area (Å²) >= 11 is 0. The smallest absolute Gasteiger partial charge is 0.335 e. The number of Topliss-reactive ketones (excluding diaryl/α,β-unsaturated/α-hetero) is 1. The number of carboxylic acids is 1. The third-order valence-corrected chi connectivity index (χ3v) is 4.23. The molecule has 26 heavy (non-hydrogen) atoms. The molecule has 0 fully saturated rings. The Labute approximate surface area is 151 Å². The van der Waals surface area contributed by atoms with Gasteiger partial charge >= 0.3 is 5.97 Å². The summed E-state index contributed by atoms with van der Waals surface area (Å²) in [5.74, 6) is -1.11. The van der Waals surface area contributed by atoms with Crippen molar-refractivity contribution in [3.63, 3.8) is 0 Å². The Morgan fingerprint density at radius 1 is 1.12 bits per heavy atom. The second-order valence-electron chi connectivity index (χ2n) is 6.00. The molecule has 0 radical (unpaired) electrons. The number of ketones is 1. The molecule has 2 aromatic carbocycles. The highest BCUT2D eigenvalue weighted by Crippen LogP contribution is 2.18. The summed E-state index contributed by atoms with van der Waals surface area (Å²) in [5.41, 5.74) is 3.87. The number of carbonyl (C=O) groups excluding carboxylic acids is 1. The molecule has 3 rings (SSSR count). The second-order valence-corrected chi connectivity index (χ2v) is 6.00. The molecule has 0 amide bonds. The Hall–Kier alpha value is -3.41. The van der Waals surface area contributed by atoms with Crippen LogP contribution in [0.1, 0.15) is 32.0 Å². The minimum Gasteiger partial charge on any atom is -0.478 e. The Morgan fingerprint density at radius 2 is 1.85 bits per heavy atom. The van der Waals surface area contributed by atoms with Crippen molar-refractivity contribution < 1.29 is 14.7 Å². The SMILES string of the molecule is Cc1ccc(C(=O)O)cc1NCC(=O)c1cnn(-c2ccccc2)c1C. The van der Waals surface area contributed by atoms with Crippen LogP contribution in [-0.2, 0) is 0 Å². The lowest BCUT2D eigenvalue weighted by molar-refractivity contribution is 0.0696. The van der Waals surface area contributed by atoms with E-state index in [1.54, 1.807) is 23.0 Å². The molecule has 6 nitrogen and oxygen atoms in total. The minimum atomic E-state index is -1.00. The molecule has 0 saturated heterocycles. The van der Waals surface area contributed by atoms with Gasteiger partial charge in [0.25, 0.3) is 0 Å². The summed E-state index contributed by atoms with van der Waals surface area (Å²) in [6.45, 7) is 3.77. The largest absolute Gasteiger partial charge is 0.478 e.